The smallest absolute Gasteiger partial charge is 0.189 e. The number of nitrogens with zero attached hydrogens (tertiary/aromatic N) is 2. The minimum atomic E-state index is 0.518. The van der Waals surface area contributed by atoms with Gasteiger partial charge in [0.25, 0.3) is 0 Å². The second kappa shape index (κ2) is 5.77. The number of methoxy groups -OCH3 is 1. The normalized spacial score (nSPS) is 10.2. The summed E-state index contributed by atoms with van der Waals surface area (Å²) in [7, 11) is 1.70. The summed E-state index contributed by atoms with van der Waals surface area (Å²) < 4.78 is 4.92. The second-order valence-corrected chi connectivity index (χ2v) is 3.52. The quantitative estimate of drug-likeness (QED) is 0.438. The summed E-state index contributed by atoms with van der Waals surface area (Å²) in [5.74, 6) is 1.47. The van der Waals surface area contributed by atoms with Gasteiger partial charge in [-0.25, -0.2) is 9.97 Å². The van der Waals surface area contributed by atoms with Crippen LogP contribution >= 0.6 is 11.8 Å². The van der Waals surface area contributed by atoms with E-state index < -0.39 is 0 Å². The highest BCUT2D eigenvalue weighted by atomic mass is 32.2. The standard InChI is InChI=1S/C8H13N3OS/c1-12-5-2-6-13-8-10-4-3-7(9)11-8/h3-4H,2,5-6H2,1H3,(H2,9,10,11). The molecule has 0 saturated heterocycles. The lowest BCUT2D eigenvalue weighted by Crippen LogP contribution is -1.95. The molecule has 13 heavy (non-hydrogen) atoms. The zero-order valence-corrected chi connectivity index (χ0v) is 8.38. The molecule has 0 unspecified atom stereocenters. The minimum Gasteiger partial charge on any atom is -0.385 e. The van der Waals surface area contributed by atoms with Crippen LogP contribution in [0, 0.1) is 0 Å². The summed E-state index contributed by atoms with van der Waals surface area (Å²) in [5, 5.41) is 0.733. The van der Waals surface area contributed by atoms with E-state index in [1.165, 1.54) is 0 Å². The highest BCUT2D eigenvalue weighted by molar-refractivity contribution is 7.99. The fraction of sp³-hybridized carbons (Fsp3) is 0.500. The van der Waals surface area contributed by atoms with Gasteiger partial charge in [0, 0.05) is 25.7 Å². The van der Waals surface area contributed by atoms with Crippen LogP contribution in [0.5, 0.6) is 0 Å². The summed E-state index contributed by atoms with van der Waals surface area (Å²) in [4.78, 5) is 8.13. The van der Waals surface area contributed by atoms with Gasteiger partial charge in [0.1, 0.15) is 5.82 Å². The van der Waals surface area contributed by atoms with Gasteiger partial charge >= 0.3 is 0 Å². The van der Waals surface area contributed by atoms with Gasteiger partial charge in [-0.3, -0.25) is 0 Å². The van der Waals surface area contributed by atoms with Crippen molar-refractivity contribution in [3.8, 4) is 0 Å². The maximum atomic E-state index is 5.50. The molecule has 0 amide bonds. The third-order valence-electron chi connectivity index (χ3n) is 1.38. The van der Waals surface area contributed by atoms with Gasteiger partial charge in [-0.1, -0.05) is 11.8 Å². The van der Waals surface area contributed by atoms with Crippen LogP contribution in [0.3, 0.4) is 0 Å². The maximum absolute atomic E-state index is 5.50. The van der Waals surface area contributed by atoms with E-state index in [0.717, 1.165) is 23.9 Å². The lowest BCUT2D eigenvalue weighted by Gasteiger charge is -1.99. The number of aromatic nitrogens is 2. The molecule has 0 aliphatic carbocycles. The van der Waals surface area contributed by atoms with Crippen LogP contribution in [-0.4, -0.2) is 29.4 Å². The summed E-state index contributed by atoms with van der Waals surface area (Å²) in [5.41, 5.74) is 5.50. The van der Waals surface area contributed by atoms with Gasteiger partial charge in [0.2, 0.25) is 0 Å². The first-order valence-electron chi connectivity index (χ1n) is 4.03. The SMILES string of the molecule is COCCCSc1nccc(N)n1. The zero-order chi connectivity index (χ0) is 9.52. The molecule has 72 valence electrons. The Hall–Kier alpha value is -0.810. The van der Waals surface area contributed by atoms with Crippen LogP contribution in [0.2, 0.25) is 0 Å². The molecule has 0 bridgehead atoms. The lowest BCUT2D eigenvalue weighted by molar-refractivity contribution is 0.200. The van der Waals surface area contributed by atoms with Gasteiger partial charge in [-0.2, -0.15) is 0 Å². The highest BCUT2D eigenvalue weighted by Gasteiger charge is 1.96. The van der Waals surface area contributed by atoms with Crippen LogP contribution in [0.15, 0.2) is 17.4 Å². The number of hydrogen-bond donors (Lipinski definition) is 1. The van der Waals surface area contributed by atoms with Crippen LogP contribution in [-0.2, 0) is 4.74 Å². The molecule has 4 nitrogen and oxygen atoms in total. The Bertz CT molecular complexity index is 257. The molecule has 2 N–H and O–H groups in total. The van der Waals surface area contributed by atoms with E-state index >= 15 is 0 Å². The number of ether oxygens (including phenoxy) is 1. The molecule has 0 aliphatic rings. The number of thioether (sulfide) groups is 1. The summed E-state index contributed by atoms with van der Waals surface area (Å²) >= 11 is 1.59. The zero-order valence-electron chi connectivity index (χ0n) is 7.56. The van der Waals surface area contributed by atoms with Gasteiger partial charge in [-0.15, -0.1) is 0 Å². The molecular weight excluding hydrogens is 186 g/mol. The largest absolute Gasteiger partial charge is 0.385 e. The Kier molecular flexibility index (Phi) is 4.56. The van der Waals surface area contributed by atoms with Gasteiger partial charge < -0.3 is 10.5 Å². The molecule has 0 saturated carbocycles. The fourth-order valence-electron chi connectivity index (χ4n) is 0.790. The van der Waals surface area contributed by atoms with E-state index in [1.54, 1.807) is 31.1 Å². The van der Waals surface area contributed by atoms with E-state index in [9.17, 15) is 0 Å². The Morgan fingerprint density at radius 3 is 3.15 bits per heavy atom. The molecule has 0 aromatic carbocycles. The Morgan fingerprint density at radius 2 is 2.46 bits per heavy atom. The second-order valence-electron chi connectivity index (χ2n) is 2.46. The average molecular weight is 199 g/mol. The number of anilines is 1. The number of nitrogens with two attached hydrogens (primary N) is 1. The van der Waals surface area contributed by atoms with E-state index in [-0.39, 0.29) is 0 Å². The molecule has 1 aromatic heterocycles. The van der Waals surface area contributed by atoms with Crippen LogP contribution in [0.25, 0.3) is 0 Å². The molecule has 5 heteroatoms. The van der Waals surface area contributed by atoms with Crippen molar-refractivity contribution in [1.82, 2.24) is 9.97 Å². The number of rotatable bonds is 5. The maximum Gasteiger partial charge on any atom is 0.189 e. The van der Waals surface area contributed by atoms with Gasteiger partial charge in [0.05, 0.1) is 0 Å². The van der Waals surface area contributed by atoms with Crippen molar-refractivity contribution in [2.24, 2.45) is 0 Å². The third-order valence-corrected chi connectivity index (χ3v) is 2.33. The molecular formula is C8H13N3OS. The van der Waals surface area contributed by atoms with E-state index in [1.807, 2.05) is 0 Å². The van der Waals surface area contributed by atoms with E-state index in [0.29, 0.717) is 5.82 Å². The molecule has 0 spiro atoms. The van der Waals surface area contributed by atoms with Gasteiger partial charge in [0.15, 0.2) is 5.16 Å². The fourth-order valence-corrected chi connectivity index (χ4v) is 1.54. The highest BCUT2D eigenvalue weighted by Crippen LogP contribution is 2.13. The first kappa shape index (κ1) is 10.3. The first-order valence-corrected chi connectivity index (χ1v) is 5.02. The van der Waals surface area contributed by atoms with Crippen LogP contribution in [0.4, 0.5) is 5.82 Å². The van der Waals surface area contributed by atoms with Crippen molar-refractivity contribution in [3.05, 3.63) is 12.3 Å². The third kappa shape index (κ3) is 4.10. The lowest BCUT2D eigenvalue weighted by atomic mass is 10.5. The topological polar surface area (TPSA) is 61.0 Å². The van der Waals surface area contributed by atoms with E-state index in [2.05, 4.69) is 9.97 Å². The number of nitrogen functional groups attached to an aromatic ring is 1. The van der Waals surface area contributed by atoms with Crippen molar-refractivity contribution in [2.45, 2.75) is 11.6 Å². The molecule has 0 radical (unpaired) electrons. The van der Waals surface area contributed by atoms with E-state index in [4.69, 9.17) is 10.5 Å². The van der Waals surface area contributed by atoms with Crippen molar-refractivity contribution in [3.63, 3.8) is 0 Å². The molecule has 0 aliphatic heterocycles. The van der Waals surface area contributed by atoms with Crippen molar-refractivity contribution >= 4 is 17.6 Å². The predicted molar refractivity (Wildman–Crippen MR) is 53.7 cm³/mol. The van der Waals surface area contributed by atoms with Gasteiger partial charge in [-0.05, 0) is 12.5 Å². The number of hydrogen-bond acceptors (Lipinski definition) is 5. The summed E-state index contributed by atoms with van der Waals surface area (Å²) in [6.45, 7) is 0.773. The minimum absolute atomic E-state index is 0.518. The van der Waals surface area contributed by atoms with Crippen molar-refractivity contribution in [2.75, 3.05) is 25.2 Å². The molecule has 0 fully saturated rings. The molecule has 1 rings (SSSR count). The Morgan fingerprint density at radius 1 is 1.62 bits per heavy atom. The van der Waals surface area contributed by atoms with Crippen LogP contribution < -0.4 is 5.73 Å². The molecule has 0 atom stereocenters. The Labute approximate surface area is 81.9 Å². The monoisotopic (exact) mass is 199 g/mol. The van der Waals surface area contributed by atoms with Crippen molar-refractivity contribution in [1.29, 1.82) is 0 Å². The van der Waals surface area contributed by atoms with Crippen molar-refractivity contribution < 1.29 is 4.74 Å². The Balaban J connectivity index is 2.28. The summed E-state index contributed by atoms with van der Waals surface area (Å²) in [6, 6.07) is 1.68. The van der Waals surface area contributed by atoms with Crippen LogP contribution in [0.1, 0.15) is 6.42 Å². The summed E-state index contributed by atoms with van der Waals surface area (Å²) in [6.07, 6.45) is 2.67. The predicted octanol–water partition coefficient (Wildman–Crippen LogP) is 1.19. The first-order chi connectivity index (χ1) is 6.33. The average Bonchev–Trinajstić information content (AvgIpc) is 2.13. The molecule has 1 aromatic rings. The molecule has 1 heterocycles.